The summed E-state index contributed by atoms with van der Waals surface area (Å²) >= 11 is 6.08. The second-order valence-electron chi connectivity index (χ2n) is 4.45. The molecule has 0 amide bonds. The summed E-state index contributed by atoms with van der Waals surface area (Å²) in [7, 11) is 1.72. The fraction of sp³-hybridized carbons (Fsp3) is 0.133. The second kappa shape index (κ2) is 5.13. The van der Waals surface area contributed by atoms with Crippen molar-refractivity contribution in [3.05, 3.63) is 58.9 Å². The van der Waals surface area contributed by atoms with Crippen molar-refractivity contribution in [2.45, 2.75) is 0 Å². The number of anilines is 2. The predicted molar refractivity (Wildman–Crippen MR) is 80.5 cm³/mol. The summed E-state index contributed by atoms with van der Waals surface area (Å²) in [4.78, 5) is 6.06. The number of fused-ring (bicyclic) bond motifs is 1. The van der Waals surface area contributed by atoms with Gasteiger partial charge >= 0.3 is 0 Å². The number of rotatable bonds is 1. The second-order valence-corrected chi connectivity index (χ2v) is 4.88. The van der Waals surface area contributed by atoms with Crippen LogP contribution in [-0.2, 0) is 0 Å². The highest BCUT2D eigenvalue weighted by molar-refractivity contribution is 6.31. The number of nitrogens with one attached hydrogen (secondary N) is 1. The van der Waals surface area contributed by atoms with Crippen molar-refractivity contribution in [2.24, 2.45) is 4.99 Å². The predicted octanol–water partition coefficient (Wildman–Crippen LogP) is 3.55. The molecule has 0 bridgehead atoms. The maximum Gasteiger partial charge on any atom is 0.146 e. The first kappa shape index (κ1) is 12.9. The van der Waals surface area contributed by atoms with Crippen LogP contribution in [0, 0.1) is 5.82 Å². The van der Waals surface area contributed by atoms with Crippen LogP contribution in [0.1, 0.15) is 5.56 Å². The van der Waals surface area contributed by atoms with E-state index in [-0.39, 0.29) is 5.82 Å². The van der Waals surface area contributed by atoms with Crippen molar-refractivity contribution in [2.75, 3.05) is 18.6 Å². The van der Waals surface area contributed by atoms with Gasteiger partial charge in [-0.1, -0.05) is 23.7 Å². The van der Waals surface area contributed by atoms with E-state index in [4.69, 9.17) is 11.6 Å². The zero-order valence-electron chi connectivity index (χ0n) is 10.9. The molecule has 0 spiro atoms. The lowest BCUT2D eigenvalue weighted by Crippen LogP contribution is -2.41. The molecule has 102 valence electrons. The maximum absolute atomic E-state index is 14.0. The number of hydrogen-bond acceptors (Lipinski definition) is 2. The Hall–Kier alpha value is -2.07. The van der Waals surface area contributed by atoms with Gasteiger partial charge in [0.15, 0.2) is 0 Å². The first-order chi connectivity index (χ1) is 9.70. The van der Waals surface area contributed by atoms with Crippen LogP contribution in [0.15, 0.2) is 47.5 Å². The summed E-state index contributed by atoms with van der Waals surface area (Å²) in [6.07, 6.45) is 0. The lowest BCUT2D eigenvalue weighted by molar-refractivity contribution is 0.623. The average Bonchev–Trinajstić information content (AvgIpc) is 2.47. The van der Waals surface area contributed by atoms with E-state index < -0.39 is 0 Å². The summed E-state index contributed by atoms with van der Waals surface area (Å²) in [5, 5.41) is 3.80. The van der Waals surface area contributed by atoms with Gasteiger partial charge in [0, 0.05) is 17.6 Å². The quantitative estimate of drug-likeness (QED) is 0.869. The number of aliphatic imine (C=N–C) groups is 1. The molecule has 2 aromatic carbocycles. The number of nitrogens with zero attached hydrogens (tertiary/aromatic N) is 2. The Balaban J connectivity index is 2.17. The van der Waals surface area contributed by atoms with Crippen LogP contribution in [0.5, 0.6) is 0 Å². The number of amidine groups is 1. The van der Waals surface area contributed by atoms with Gasteiger partial charge in [-0.3, -0.25) is 4.99 Å². The lowest BCUT2D eigenvalue weighted by Gasteiger charge is -2.33. The largest absolute Gasteiger partial charge is 0.352 e. The molecule has 0 aliphatic carbocycles. The molecular formula is C15H13ClFN3. The molecule has 3 nitrogen and oxygen atoms in total. The Morgan fingerprint density at radius 3 is 2.75 bits per heavy atom. The van der Waals surface area contributed by atoms with Gasteiger partial charge in [-0.05, 0) is 30.3 Å². The zero-order valence-corrected chi connectivity index (χ0v) is 11.7. The Kier molecular flexibility index (Phi) is 3.32. The fourth-order valence-corrected chi connectivity index (χ4v) is 2.51. The zero-order chi connectivity index (χ0) is 14.1. The van der Waals surface area contributed by atoms with Crippen molar-refractivity contribution < 1.29 is 4.39 Å². The van der Waals surface area contributed by atoms with Gasteiger partial charge in [0.25, 0.3) is 0 Å². The van der Waals surface area contributed by atoms with E-state index in [1.807, 2.05) is 23.1 Å². The maximum atomic E-state index is 14.0. The summed E-state index contributed by atoms with van der Waals surface area (Å²) < 4.78 is 14.0. The molecule has 1 N–H and O–H groups in total. The van der Waals surface area contributed by atoms with E-state index in [9.17, 15) is 4.39 Å². The molecule has 20 heavy (non-hydrogen) atoms. The Labute approximate surface area is 121 Å². The highest BCUT2D eigenvalue weighted by Gasteiger charge is 2.23. The van der Waals surface area contributed by atoms with Gasteiger partial charge in [0.05, 0.1) is 18.0 Å². The van der Waals surface area contributed by atoms with Crippen LogP contribution in [0.2, 0.25) is 5.02 Å². The van der Waals surface area contributed by atoms with Gasteiger partial charge in [-0.25, -0.2) is 4.39 Å². The standard InChI is InChI=1S/C15H13ClFN3/c1-18-15-11-7-6-10(16)8-14(11)20(9-19-15)13-5-3-2-4-12(13)17/h2-8H,9H2,1H3,(H,18,19). The van der Waals surface area contributed by atoms with Crippen LogP contribution in [0.25, 0.3) is 0 Å². The molecule has 0 unspecified atom stereocenters. The van der Waals surface area contributed by atoms with E-state index in [1.165, 1.54) is 6.07 Å². The summed E-state index contributed by atoms with van der Waals surface area (Å²) in [5.74, 6) is 0.515. The molecule has 3 rings (SSSR count). The highest BCUT2D eigenvalue weighted by Crippen LogP contribution is 2.34. The third-order valence-corrected chi connectivity index (χ3v) is 3.51. The smallest absolute Gasteiger partial charge is 0.146 e. The summed E-state index contributed by atoms with van der Waals surface area (Å²) in [5.41, 5.74) is 2.27. The van der Waals surface area contributed by atoms with E-state index >= 15 is 0 Å². The minimum absolute atomic E-state index is 0.267. The third kappa shape index (κ3) is 2.12. The Morgan fingerprint density at radius 1 is 1.20 bits per heavy atom. The van der Waals surface area contributed by atoms with Gasteiger partial charge in [-0.15, -0.1) is 0 Å². The van der Waals surface area contributed by atoms with Crippen molar-refractivity contribution in [3.63, 3.8) is 0 Å². The van der Waals surface area contributed by atoms with Crippen LogP contribution in [0.4, 0.5) is 15.8 Å². The number of halogens is 2. The molecule has 0 radical (unpaired) electrons. The molecule has 0 saturated carbocycles. The highest BCUT2D eigenvalue weighted by atomic mass is 35.5. The van der Waals surface area contributed by atoms with Gasteiger partial charge in [-0.2, -0.15) is 0 Å². The first-order valence-corrected chi connectivity index (χ1v) is 6.61. The van der Waals surface area contributed by atoms with E-state index in [0.29, 0.717) is 17.4 Å². The Bertz CT molecular complexity index is 685. The molecule has 0 atom stereocenters. The average molecular weight is 290 g/mol. The van der Waals surface area contributed by atoms with Crippen LogP contribution in [-0.4, -0.2) is 19.6 Å². The van der Waals surface area contributed by atoms with Gasteiger partial charge < -0.3 is 10.2 Å². The SMILES string of the molecule is CN=C1NCN(c2ccccc2F)c2cc(Cl)ccc21. The molecular weight excluding hydrogens is 277 g/mol. The van der Waals surface area contributed by atoms with Crippen LogP contribution >= 0.6 is 11.6 Å². The molecule has 1 aliphatic rings. The number of para-hydroxylation sites is 1. The monoisotopic (exact) mass is 289 g/mol. The first-order valence-electron chi connectivity index (χ1n) is 6.23. The van der Waals surface area contributed by atoms with Gasteiger partial charge in [0.1, 0.15) is 11.7 Å². The molecule has 1 heterocycles. The summed E-state index contributed by atoms with van der Waals surface area (Å²) in [6.45, 7) is 0.445. The summed E-state index contributed by atoms with van der Waals surface area (Å²) in [6, 6.07) is 12.2. The number of benzene rings is 2. The Morgan fingerprint density at radius 2 is 2.00 bits per heavy atom. The molecule has 0 saturated heterocycles. The minimum atomic E-state index is -0.267. The van der Waals surface area contributed by atoms with Crippen molar-refractivity contribution in [1.29, 1.82) is 0 Å². The van der Waals surface area contributed by atoms with E-state index in [0.717, 1.165) is 17.1 Å². The van der Waals surface area contributed by atoms with Crippen LogP contribution in [0.3, 0.4) is 0 Å². The number of hydrogen-bond donors (Lipinski definition) is 1. The topological polar surface area (TPSA) is 27.6 Å². The molecule has 0 fully saturated rings. The lowest BCUT2D eigenvalue weighted by atomic mass is 10.1. The minimum Gasteiger partial charge on any atom is -0.352 e. The molecule has 2 aromatic rings. The van der Waals surface area contributed by atoms with Crippen molar-refractivity contribution in [3.8, 4) is 0 Å². The van der Waals surface area contributed by atoms with Crippen molar-refractivity contribution in [1.82, 2.24) is 5.32 Å². The fourth-order valence-electron chi connectivity index (χ4n) is 2.35. The molecule has 0 aromatic heterocycles. The van der Waals surface area contributed by atoms with Crippen LogP contribution < -0.4 is 10.2 Å². The van der Waals surface area contributed by atoms with E-state index in [2.05, 4.69) is 10.3 Å². The van der Waals surface area contributed by atoms with Crippen molar-refractivity contribution >= 4 is 28.8 Å². The normalized spacial score (nSPS) is 15.9. The third-order valence-electron chi connectivity index (χ3n) is 3.28. The molecule has 1 aliphatic heterocycles. The van der Waals surface area contributed by atoms with E-state index in [1.54, 1.807) is 25.2 Å². The van der Waals surface area contributed by atoms with Gasteiger partial charge in [0.2, 0.25) is 0 Å². The molecule has 5 heteroatoms.